The Morgan fingerprint density at radius 1 is 0.939 bits per heavy atom. The van der Waals surface area contributed by atoms with Gasteiger partial charge in [-0.05, 0) is 80.4 Å². The Balaban J connectivity index is 1.59. The molecule has 0 saturated carbocycles. The van der Waals surface area contributed by atoms with Crippen molar-refractivity contribution in [1.82, 2.24) is 14.8 Å². The summed E-state index contributed by atoms with van der Waals surface area (Å²) in [6.07, 6.45) is 0. The number of rotatable bonds is 7. The summed E-state index contributed by atoms with van der Waals surface area (Å²) in [5.74, 6) is 1.61. The molecule has 0 aliphatic rings. The van der Waals surface area contributed by atoms with Gasteiger partial charge in [0.2, 0.25) is 5.91 Å². The van der Waals surface area contributed by atoms with Crippen molar-refractivity contribution in [2.75, 3.05) is 18.2 Å². The normalized spacial score (nSPS) is 10.8. The summed E-state index contributed by atoms with van der Waals surface area (Å²) in [5.41, 5.74) is 6.15. The first-order chi connectivity index (χ1) is 15.9. The van der Waals surface area contributed by atoms with E-state index in [0.29, 0.717) is 11.0 Å². The van der Waals surface area contributed by atoms with Gasteiger partial charge in [-0.2, -0.15) is 0 Å². The number of carbonyl (C=O) groups is 1. The van der Waals surface area contributed by atoms with E-state index in [2.05, 4.69) is 22.4 Å². The van der Waals surface area contributed by atoms with Gasteiger partial charge in [0.05, 0.1) is 12.9 Å². The summed E-state index contributed by atoms with van der Waals surface area (Å²) in [7, 11) is 1.64. The zero-order valence-corrected chi connectivity index (χ0v) is 19.9. The third kappa shape index (κ3) is 5.26. The third-order valence-corrected chi connectivity index (χ3v) is 6.33. The van der Waals surface area contributed by atoms with E-state index in [9.17, 15) is 4.79 Å². The molecular formula is C26H26N4O2S. The number of amides is 1. The molecule has 4 rings (SSSR count). The van der Waals surface area contributed by atoms with Crippen LogP contribution in [-0.2, 0) is 4.79 Å². The number of ether oxygens (including phenoxy) is 1. The Bertz CT molecular complexity index is 1260. The number of thioether (sulfide) groups is 1. The second-order valence-electron chi connectivity index (χ2n) is 7.84. The zero-order chi connectivity index (χ0) is 23.4. The van der Waals surface area contributed by atoms with Gasteiger partial charge in [-0.25, -0.2) is 0 Å². The van der Waals surface area contributed by atoms with Gasteiger partial charge in [0.15, 0.2) is 11.0 Å². The Kier molecular flexibility index (Phi) is 6.79. The van der Waals surface area contributed by atoms with E-state index in [4.69, 9.17) is 4.74 Å². The maximum atomic E-state index is 12.6. The lowest BCUT2D eigenvalue weighted by atomic mass is 10.1. The highest BCUT2D eigenvalue weighted by molar-refractivity contribution is 7.99. The molecule has 6 nitrogen and oxygen atoms in total. The molecule has 168 valence electrons. The van der Waals surface area contributed by atoms with Crippen LogP contribution < -0.4 is 10.1 Å². The van der Waals surface area contributed by atoms with Crippen LogP contribution in [0.25, 0.3) is 17.1 Å². The molecule has 0 spiro atoms. The van der Waals surface area contributed by atoms with Crippen molar-refractivity contribution in [3.05, 3.63) is 83.4 Å². The molecule has 1 amide bonds. The van der Waals surface area contributed by atoms with Crippen molar-refractivity contribution in [3.63, 3.8) is 0 Å². The molecule has 0 unspecified atom stereocenters. The van der Waals surface area contributed by atoms with Crippen LogP contribution in [0, 0.1) is 20.8 Å². The average Bonchev–Trinajstić information content (AvgIpc) is 3.24. The van der Waals surface area contributed by atoms with Crippen LogP contribution in [-0.4, -0.2) is 33.5 Å². The molecule has 4 aromatic rings. The number of methoxy groups -OCH3 is 1. The number of nitrogens with one attached hydrogen (secondary N) is 1. The second kappa shape index (κ2) is 9.92. The lowest BCUT2D eigenvalue weighted by Gasteiger charge is -2.11. The molecule has 0 radical (unpaired) electrons. The molecular weight excluding hydrogens is 432 g/mol. The van der Waals surface area contributed by atoms with Crippen molar-refractivity contribution in [2.24, 2.45) is 0 Å². The average molecular weight is 459 g/mol. The number of aryl methyl sites for hydroxylation is 3. The smallest absolute Gasteiger partial charge is 0.234 e. The molecule has 0 bridgehead atoms. The minimum Gasteiger partial charge on any atom is -0.497 e. The maximum absolute atomic E-state index is 12.6. The van der Waals surface area contributed by atoms with Crippen molar-refractivity contribution < 1.29 is 9.53 Å². The molecule has 0 aliphatic heterocycles. The topological polar surface area (TPSA) is 69.0 Å². The molecule has 0 aliphatic carbocycles. The predicted molar refractivity (Wildman–Crippen MR) is 133 cm³/mol. The Labute approximate surface area is 198 Å². The van der Waals surface area contributed by atoms with Crippen molar-refractivity contribution in [1.29, 1.82) is 0 Å². The second-order valence-corrected chi connectivity index (χ2v) is 8.78. The van der Waals surface area contributed by atoms with Crippen LogP contribution in [0.5, 0.6) is 5.75 Å². The first-order valence-electron chi connectivity index (χ1n) is 10.6. The fourth-order valence-electron chi connectivity index (χ4n) is 3.36. The van der Waals surface area contributed by atoms with Gasteiger partial charge in [0.25, 0.3) is 0 Å². The van der Waals surface area contributed by atoms with Crippen LogP contribution >= 0.6 is 11.8 Å². The highest BCUT2D eigenvalue weighted by atomic mass is 32.2. The van der Waals surface area contributed by atoms with Crippen molar-refractivity contribution in [3.8, 4) is 22.8 Å². The molecule has 1 N–H and O–H groups in total. The highest BCUT2D eigenvalue weighted by Crippen LogP contribution is 2.29. The van der Waals surface area contributed by atoms with Crippen LogP contribution in [0.15, 0.2) is 71.9 Å². The molecule has 1 aromatic heterocycles. The summed E-state index contributed by atoms with van der Waals surface area (Å²) in [6, 6.07) is 21.8. The summed E-state index contributed by atoms with van der Waals surface area (Å²) in [4.78, 5) is 12.6. The number of hydrogen-bond donors (Lipinski definition) is 1. The number of benzene rings is 3. The minimum atomic E-state index is -0.0901. The quantitative estimate of drug-likeness (QED) is 0.365. The van der Waals surface area contributed by atoms with E-state index in [1.165, 1.54) is 22.9 Å². The molecule has 3 aromatic carbocycles. The molecule has 0 fully saturated rings. The van der Waals surface area contributed by atoms with E-state index < -0.39 is 0 Å². The third-order valence-electron chi connectivity index (χ3n) is 5.40. The first-order valence-corrected chi connectivity index (χ1v) is 11.6. The lowest BCUT2D eigenvalue weighted by Crippen LogP contribution is -2.14. The first kappa shape index (κ1) is 22.6. The van der Waals surface area contributed by atoms with E-state index in [1.807, 2.05) is 85.1 Å². The van der Waals surface area contributed by atoms with E-state index in [-0.39, 0.29) is 11.7 Å². The van der Waals surface area contributed by atoms with Crippen molar-refractivity contribution >= 4 is 23.4 Å². The monoisotopic (exact) mass is 458 g/mol. The standard InChI is InChI=1S/C26H26N4O2S/c1-17-5-11-22(12-6-17)30-25(20-8-13-23(32-4)14-9-20)28-29-26(30)33-16-24(31)27-21-10-7-18(2)19(3)15-21/h5-15H,16H2,1-4H3,(H,27,31). The largest absolute Gasteiger partial charge is 0.497 e. The fourth-order valence-corrected chi connectivity index (χ4v) is 4.12. The number of anilines is 1. The van der Waals surface area contributed by atoms with Crippen LogP contribution in [0.2, 0.25) is 0 Å². The van der Waals surface area contributed by atoms with Gasteiger partial charge in [-0.3, -0.25) is 9.36 Å². The van der Waals surface area contributed by atoms with Crippen LogP contribution in [0.4, 0.5) is 5.69 Å². The summed E-state index contributed by atoms with van der Waals surface area (Å²) < 4.78 is 7.26. The minimum absolute atomic E-state index is 0.0901. The van der Waals surface area contributed by atoms with Gasteiger partial charge in [0.1, 0.15) is 5.75 Å². The van der Waals surface area contributed by atoms with E-state index in [1.54, 1.807) is 7.11 Å². The Morgan fingerprint density at radius 2 is 1.67 bits per heavy atom. The van der Waals surface area contributed by atoms with E-state index in [0.717, 1.165) is 28.3 Å². The Morgan fingerprint density at radius 3 is 2.33 bits per heavy atom. The summed E-state index contributed by atoms with van der Waals surface area (Å²) in [5, 5.41) is 12.5. The fraction of sp³-hybridized carbons (Fsp3) is 0.192. The number of hydrogen-bond acceptors (Lipinski definition) is 5. The van der Waals surface area contributed by atoms with Gasteiger partial charge in [-0.15, -0.1) is 10.2 Å². The number of nitrogens with zero attached hydrogens (tertiary/aromatic N) is 3. The summed E-state index contributed by atoms with van der Waals surface area (Å²) in [6.45, 7) is 6.13. The lowest BCUT2D eigenvalue weighted by molar-refractivity contribution is -0.113. The van der Waals surface area contributed by atoms with Gasteiger partial charge >= 0.3 is 0 Å². The molecule has 0 saturated heterocycles. The highest BCUT2D eigenvalue weighted by Gasteiger charge is 2.17. The Hall–Kier alpha value is -3.58. The van der Waals surface area contributed by atoms with Gasteiger partial charge in [0, 0.05) is 16.9 Å². The zero-order valence-electron chi connectivity index (χ0n) is 19.1. The maximum Gasteiger partial charge on any atom is 0.234 e. The molecule has 7 heteroatoms. The van der Waals surface area contributed by atoms with Crippen molar-refractivity contribution in [2.45, 2.75) is 25.9 Å². The van der Waals surface area contributed by atoms with Gasteiger partial charge in [-0.1, -0.05) is 35.5 Å². The predicted octanol–water partition coefficient (Wildman–Crippen LogP) is 5.60. The molecule has 1 heterocycles. The molecule has 33 heavy (non-hydrogen) atoms. The van der Waals surface area contributed by atoms with Gasteiger partial charge < -0.3 is 10.1 Å². The van der Waals surface area contributed by atoms with Crippen LogP contribution in [0.3, 0.4) is 0 Å². The number of aromatic nitrogens is 3. The molecule has 0 atom stereocenters. The van der Waals surface area contributed by atoms with Crippen LogP contribution in [0.1, 0.15) is 16.7 Å². The van der Waals surface area contributed by atoms with E-state index >= 15 is 0 Å². The number of carbonyl (C=O) groups excluding carboxylic acids is 1. The summed E-state index contributed by atoms with van der Waals surface area (Å²) >= 11 is 1.36. The SMILES string of the molecule is COc1ccc(-c2nnc(SCC(=O)Nc3ccc(C)c(C)c3)n2-c2ccc(C)cc2)cc1.